The van der Waals surface area contributed by atoms with E-state index < -0.39 is 0 Å². The summed E-state index contributed by atoms with van der Waals surface area (Å²) < 4.78 is 0. The van der Waals surface area contributed by atoms with Crippen LogP contribution < -0.4 is 5.73 Å². The molecule has 4 unspecified atom stereocenters. The van der Waals surface area contributed by atoms with Crippen molar-refractivity contribution in [1.29, 1.82) is 0 Å². The van der Waals surface area contributed by atoms with Crippen molar-refractivity contribution in [3.8, 4) is 0 Å². The lowest BCUT2D eigenvalue weighted by Gasteiger charge is -2.42. The molecule has 0 radical (unpaired) electrons. The maximum absolute atomic E-state index is 5.92. The summed E-state index contributed by atoms with van der Waals surface area (Å²) in [5.74, 6) is 3.85. The normalized spacial score (nSPS) is 41.8. The smallest absolute Gasteiger partial charge is 0.00129 e. The molecule has 18 heavy (non-hydrogen) atoms. The van der Waals surface area contributed by atoms with E-state index in [-0.39, 0.29) is 0 Å². The number of nitrogens with two attached hydrogens (primary N) is 1. The first-order valence-electron chi connectivity index (χ1n) is 8.29. The third-order valence-electron chi connectivity index (χ3n) is 5.99. The Kier molecular flexibility index (Phi) is 4.25. The molecule has 4 atom stereocenters. The van der Waals surface area contributed by atoms with Crippen molar-refractivity contribution in [2.75, 3.05) is 26.2 Å². The Hall–Kier alpha value is -0.0800. The van der Waals surface area contributed by atoms with Gasteiger partial charge in [-0.3, -0.25) is 0 Å². The van der Waals surface area contributed by atoms with Crippen molar-refractivity contribution >= 4 is 0 Å². The molecule has 1 saturated heterocycles. The highest BCUT2D eigenvalue weighted by Gasteiger charge is 2.34. The fourth-order valence-electron chi connectivity index (χ4n) is 4.84. The fourth-order valence-corrected chi connectivity index (χ4v) is 4.84. The van der Waals surface area contributed by atoms with E-state index in [1.165, 1.54) is 71.0 Å². The van der Waals surface area contributed by atoms with Crippen molar-refractivity contribution in [2.24, 2.45) is 29.4 Å². The predicted octanol–water partition coefficient (Wildman–Crippen LogP) is 2.87. The van der Waals surface area contributed by atoms with Crippen LogP contribution in [0.4, 0.5) is 0 Å². The molecule has 0 aromatic heterocycles. The third kappa shape index (κ3) is 2.75. The zero-order chi connectivity index (χ0) is 12.4. The Labute approximate surface area is 112 Å². The molecule has 2 N–H and O–H groups in total. The molecule has 0 aromatic carbocycles. The van der Waals surface area contributed by atoms with E-state index in [0.717, 1.165) is 30.2 Å². The highest BCUT2D eigenvalue weighted by Crippen LogP contribution is 2.38. The van der Waals surface area contributed by atoms with Gasteiger partial charge in [0.2, 0.25) is 0 Å². The van der Waals surface area contributed by atoms with Crippen LogP contribution in [0.1, 0.15) is 51.4 Å². The molecule has 104 valence electrons. The SMILES string of the molecule is NCC1CCCC1CN1CCC2CCCCC2C1. The minimum absolute atomic E-state index is 0.828. The van der Waals surface area contributed by atoms with E-state index in [2.05, 4.69) is 4.90 Å². The summed E-state index contributed by atoms with van der Waals surface area (Å²) in [5, 5.41) is 0. The fraction of sp³-hybridized carbons (Fsp3) is 1.00. The molecule has 2 nitrogen and oxygen atoms in total. The largest absolute Gasteiger partial charge is 0.330 e. The molecule has 1 aliphatic heterocycles. The summed E-state index contributed by atoms with van der Waals surface area (Å²) in [6.45, 7) is 5.04. The van der Waals surface area contributed by atoms with Gasteiger partial charge in [0.15, 0.2) is 0 Å². The molecule has 0 bridgehead atoms. The third-order valence-corrected chi connectivity index (χ3v) is 5.99. The lowest BCUT2D eigenvalue weighted by Crippen LogP contribution is -2.44. The molecule has 0 amide bonds. The molecule has 2 aliphatic carbocycles. The first-order valence-corrected chi connectivity index (χ1v) is 8.29. The average Bonchev–Trinajstić information content (AvgIpc) is 2.86. The molecule has 3 aliphatic rings. The summed E-state index contributed by atoms with van der Waals surface area (Å²) in [7, 11) is 0. The van der Waals surface area contributed by atoms with Crippen LogP contribution in [0.15, 0.2) is 0 Å². The summed E-state index contributed by atoms with van der Waals surface area (Å²) >= 11 is 0. The van der Waals surface area contributed by atoms with E-state index >= 15 is 0 Å². The lowest BCUT2D eigenvalue weighted by molar-refractivity contribution is 0.0710. The predicted molar refractivity (Wildman–Crippen MR) is 76.4 cm³/mol. The van der Waals surface area contributed by atoms with Crippen molar-refractivity contribution < 1.29 is 0 Å². The van der Waals surface area contributed by atoms with E-state index in [4.69, 9.17) is 5.73 Å². The van der Waals surface area contributed by atoms with Gasteiger partial charge in [0.05, 0.1) is 0 Å². The number of rotatable bonds is 3. The van der Waals surface area contributed by atoms with Crippen LogP contribution in [0, 0.1) is 23.7 Å². The molecule has 1 heterocycles. The van der Waals surface area contributed by atoms with Crippen molar-refractivity contribution in [3.05, 3.63) is 0 Å². The number of nitrogens with zero attached hydrogens (tertiary/aromatic N) is 1. The van der Waals surface area contributed by atoms with Gasteiger partial charge in [0.25, 0.3) is 0 Å². The number of fused-ring (bicyclic) bond motifs is 1. The molecule has 2 saturated carbocycles. The Morgan fingerprint density at radius 1 is 0.833 bits per heavy atom. The highest BCUT2D eigenvalue weighted by molar-refractivity contribution is 4.86. The summed E-state index contributed by atoms with van der Waals surface area (Å²) in [6, 6.07) is 0. The van der Waals surface area contributed by atoms with Gasteiger partial charge < -0.3 is 10.6 Å². The Balaban J connectivity index is 1.51. The minimum Gasteiger partial charge on any atom is -0.330 e. The molecule has 0 spiro atoms. The van der Waals surface area contributed by atoms with Gasteiger partial charge in [-0.05, 0) is 62.4 Å². The van der Waals surface area contributed by atoms with Crippen LogP contribution in [0.3, 0.4) is 0 Å². The average molecular weight is 250 g/mol. The van der Waals surface area contributed by atoms with Gasteiger partial charge >= 0.3 is 0 Å². The van der Waals surface area contributed by atoms with Crippen LogP contribution in [-0.4, -0.2) is 31.1 Å². The molecular formula is C16H30N2. The van der Waals surface area contributed by atoms with Crippen LogP contribution in [0.25, 0.3) is 0 Å². The van der Waals surface area contributed by atoms with Gasteiger partial charge in [0.1, 0.15) is 0 Å². The maximum Gasteiger partial charge on any atom is 0.00129 e. The van der Waals surface area contributed by atoms with Gasteiger partial charge in [0, 0.05) is 13.1 Å². The molecule has 3 rings (SSSR count). The zero-order valence-electron chi connectivity index (χ0n) is 11.8. The monoisotopic (exact) mass is 250 g/mol. The van der Waals surface area contributed by atoms with E-state index in [0.29, 0.717) is 0 Å². The first-order chi connectivity index (χ1) is 8.86. The molecule has 2 heteroatoms. The van der Waals surface area contributed by atoms with Crippen LogP contribution >= 0.6 is 0 Å². The Morgan fingerprint density at radius 2 is 1.61 bits per heavy atom. The number of piperidine rings is 1. The molecule has 3 fully saturated rings. The maximum atomic E-state index is 5.92. The summed E-state index contributed by atoms with van der Waals surface area (Å²) in [5.41, 5.74) is 5.92. The quantitative estimate of drug-likeness (QED) is 0.834. The second-order valence-electron chi connectivity index (χ2n) is 7.04. The molecule has 0 aromatic rings. The number of hydrogen-bond acceptors (Lipinski definition) is 2. The highest BCUT2D eigenvalue weighted by atomic mass is 15.1. The standard InChI is InChI=1S/C16H30N2/c17-10-14-6-3-7-16(14)12-18-9-8-13-4-1-2-5-15(13)11-18/h13-16H,1-12,17H2. The number of hydrogen-bond donors (Lipinski definition) is 1. The zero-order valence-corrected chi connectivity index (χ0v) is 11.8. The second kappa shape index (κ2) is 5.92. The molecular weight excluding hydrogens is 220 g/mol. The summed E-state index contributed by atoms with van der Waals surface area (Å²) in [6.07, 6.45) is 11.7. The first kappa shape index (κ1) is 12.9. The van der Waals surface area contributed by atoms with Gasteiger partial charge in [-0.2, -0.15) is 0 Å². The van der Waals surface area contributed by atoms with E-state index in [1.54, 1.807) is 0 Å². The van der Waals surface area contributed by atoms with Crippen molar-refractivity contribution in [3.63, 3.8) is 0 Å². The number of likely N-dealkylation sites (tertiary alicyclic amines) is 1. The van der Waals surface area contributed by atoms with Crippen molar-refractivity contribution in [2.45, 2.75) is 51.4 Å². The van der Waals surface area contributed by atoms with Crippen LogP contribution in [-0.2, 0) is 0 Å². The van der Waals surface area contributed by atoms with Gasteiger partial charge in [-0.15, -0.1) is 0 Å². The van der Waals surface area contributed by atoms with E-state index in [1.807, 2.05) is 0 Å². The summed E-state index contributed by atoms with van der Waals surface area (Å²) in [4.78, 5) is 2.78. The lowest BCUT2D eigenvalue weighted by atomic mass is 9.75. The van der Waals surface area contributed by atoms with Crippen LogP contribution in [0.5, 0.6) is 0 Å². The Bertz CT molecular complexity index is 266. The topological polar surface area (TPSA) is 29.3 Å². The van der Waals surface area contributed by atoms with Gasteiger partial charge in [-0.1, -0.05) is 25.7 Å². The van der Waals surface area contributed by atoms with Crippen molar-refractivity contribution in [1.82, 2.24) is 4.90 Å². The minimum atomic E-state index is 0.828. The Morgan fingerprint density at radius 3 is 2.44 bits per heavy atom. The van der Waals surface area contributed by atoms with Crippen LogP contribution in [0.2, 0.25) is 0 Å². The second-order valence-corrected chi connectivity index (χ2v) is 7.04. The van der Waals surface area contributed by atoms with E-state index in [9.17, 15) is 0 Å². The van der Waals surface area contributed by atoms with Gasteiger partial charge in [-0.25, -0.2) is 0 Å².